The number of ether oxygens (including phenoxy) is 1. The summed E-state index contributed by atoms with van der Waals surface area (Å²) in [5.74, 6) is 3.77. The van der Waals surface area contributed by atoms with Crippen molar-refractivity contribution in [3.8, 4) is 5.75 Å². The molecule has 0 bridgehead atoms. The Hall–Kier alpha value is -3.09. The molecule has 158 valence electrons. The fourth-order valence-electron chi connectivity index (χ4n) is 3.79. The number of benzene rings is 2. The van der Waals surface area contributed by atoms with E-state index in [1.807, 2.05) is 12.1 Å². The lowest BCUT2D eigenvalue weighted by molar-refractivity contribution is 0.311. The van der Waals surface area contributed by atoms with Crippen LogP contribution in [-0.4, -0.2) is 40.9 Å². The Morgan fingerprint density at radius 1 is 1.07 bits per heavy atom. The second-order valence-electron chi connectivity index (χ2n) is 7.56. The number of nitrogens with zero attached hydrogens (tertiary/aromatic N) is 4. The van der Waals surface area contributed by atoms with Crippen LogP contribution < -0.4 is 15.4 Å². The minimum absolute atomic E-state index is 0.625. The van der Waals surface area contributed by atoms with Gasteiger partial charge in [0.2, 0.25) is 0 Å². The van der Waals surface area contributed by atoms with Gasteiger partial charge in [-0.2, -0.15) is 0 Å². The predicted octanol–water partition coefficient (Wildman–Crippen LogP) is 3.29. The smallest absolute Gasteiger partial charge is 0.191 e. The molecule has 7 nitrogen and oxygen atoms in total. The van der Waals surface area contributed by atoms with Gasteiger partial charge in [0.25, 0.3) is 0 Å². The van der Waals surface area contributed by atoms with Crippen LogP contribution in [0.15, 0.2) is 47.5 Å². The maximum absolute atomic E-state index is 5.90. The summed E-state index contributed by atoms with van der Waals surface area (Å²) < 4.78 is 8.16. The summed E-state index contributed by atoms with van der Waals surface area (Å²) in [7, 11) is 1.78. The number of hydrogen-bond acceptors (Lipinski definition) is 4. The van der Waals surface area contributed by atoms with Crippen molar-refractivity contribution in [2.24, 2.45) is 4.99 Å². The van der Waals surface area contributed by atoms with E-state index < -0.39 is 0 Å². The SMILES string of the molecule is CN=C(NCCCOc1ccc2ccccc2c1)NCc1nnc2n1CCCCC2. The second-order valence-corrected chi connectivity index (χ2v) is 7.56. The molecule has 0 spiro atoms. The molecule has 0 saturated heterocycles. The molecule has 7 heteroatoms. The van der Waals surface area contributed by atoms with Crippen LogP contribution in [-0.2, 0) is 19.5 Å². The summed E-state index contributed by atoms with van der Waals surface area (Å²) in [5, 5.41) is 17.8. The van der Waals surface area contributed by atoms with Crippen LogP contribution in [0.1, 0.15) is 37.3 Å². The third kappa shape index (κ3) is 5.09. The van der Waals surface area contributed by atoms with Crippen molar-refractivity contribution >= 4 is 16.7 Å². The van der Waals surface area contributed by atoms with Crippen LogP contribution in [0.4, 0.5) is 0 Å². The summed E-state index contributed by atoms with van der Waals surface area (Å²) in [6.45, 7) is 3.07. The highest BCUT2D eigenvalue weighted by atomic mass is 16.5. The number of rotatable bonds is 7. The Kier molecular flexibility index (Phi) is 6.79. The standard InChI is InChI=1S/C23H30N6O/c1-24-23(26-17-22-28-27-21-10-3-2-6-14-29(21)22)25-13-7-15-30-20-12-11-18-8-4-5-9-19(18)16-20/h4-5,8-9,11-12,16H,2-3,6-7,10,13-15,17H2,1H3,(H2,24,25,26). The topological polar surface area (TPSA) is 76.4 Å². The number of fused-ring (bicyclic) bond motifs is 2. The maximum Gasteiger partial charge on any atom is 0.191 e. The summed E-state index contributed by atoms with van der Waals surface area (Å²) >= 11 is 0. The quantitative estimate of drug-likeness (QED) is 0.358. The van der Waals surface area contributed by atoms with Gasteiger partial charge in [0.1, 0.15) is 11.6 Å². The minimum atomic E-state index is 0.625. The van der Waals surface area contributed by atoms with Crippen LogP contribution in [0.3, 0.4) is 0 Å². The summed E-state index contributed by atoms with van der Waals surface area (Å²) in [4.78, 5) is 4.30. The van der Waals surface area contributed by atoms with Crippen LogP contribution in [0.2, 0.25) is 0 Å². The average molecular weight is 407 g/mol. The molecule has 2 heterocycles. The summed E-state index contributed by atoms with van der Waals surface area (Å²) in [5.41, 5.74) is 0. The van der Waals surface area contributed by atoms with Gasteiger partial charge < -0.3 is 19.9 Å². The van der Waals surface area contributed by atoms with E-state index in [2.05, 4.69) is 60.7 Å². The van der Waals surface area contributed by atoms with Crippen molar-refractivity contribution in [1.82, 2.24) is 25.4 Å². The van der Waals surface area contributed by atoms with Gasteiger partial charge >= 0.3 is 0 Å². The van der Waals surface area contributed by atoms with Crippen molar-refractivity contribution in [2.75, 3.05) is 20.2 Å². The molecule has 4 rings (SSSR count). The number of aryl methyl sites for hydroxylation is 1. The first-order valence-corrected chi connectivity index (χ1v) is 10.8. The molecule has 0 fully saturated rings. The zero-order valence-corrected chi connectivity index (χ0v) is 17.6. The number of aromatic nitrogens is 3. The highest BCUT2D eigenvalue weighted by molar-refractivity contribution is 5.83. The van der Waals surface area contributed by atoms with Crippen molar-refractivity contribution in [3.63, 3.8) is 0 Å². The molecule has 1 aliphatic rings. The molecular weight excluding hydrogens is 376 g/mol. The van der Waals surface area contributed by atoms with Crippen LogP contribution >= 0.6 is 0 Å². The van der Waals surface area contributed by atoms with Crippen LogP contribution in [0, 0.1) is 0 Å². The Morgan fingerprint density at radius 2 is 1.97 bits per heavy atom. The molecule has 30 heavy (non-hydrogen) atoms. The molecule has 1 aromatic heterocycles. The number of guanidine groups is 1. The Morgan fingerprint density at radius 3 is 2.87 bits per heavy atom. The van der Waals surface area contributed by atoms with Gasteiger partial charge in [-0.3, -0.25) is 4.99 Å². The monoisotopic (exact) mass is 406 g/mol. The van der Waals surface area contributed by atoms with Crippen molar-refractivity contribution in [2.45, 2.75) is 45.2 Å². The van der Waals surface area contributed by atoms with Gasteiger partial charge in [-0.15, -0.1) is 10.2 Å². The molecule has 3 aromatic rings. The molecule has 0 saturated carbocycles. The normalized spacial score (nSPS) is 14.2. The van der Waals surface area contributed by atoms with E-state index in [0.717, 1.165) is 49.3 Å². The fraction of sp³-hybridized carbons (Fsp3) is 0.435. The highest BCUT2D eigenvalue weighted by Crippen LogP contribution is 2.20. The zero-order chi connectivity index (χ0) is 20.6. The Bertz CT molecular complexity index is 996. The van der Waals surface area contributed by atoms with Gasteiger partial charge in [0.15, 0.2) is 11.8 Å². The highest BCUT2D eigenvalue weighted by Gasteiger charge is 2.14. The molecule has 0 amide bonds. The molecular formula is C23H30N6O. The first kappa shape index (κ1) is 20.2. The zero-order valence-electron chi connectivity index (χ0n) is 17.6. The minimum Gasteiger partial charge on any atom is -0.494 e. The van der Waals surface area contributed by atoms with Gasteiger partial charge in [0, 0.05) is 26.6 Å². The maximum atomic E-state index is 5.90. The van der Waals surface area contributed by atoms with Gasteiger partial charge in [-0.05, 0) is 42.2 Å². The van der Waals surface area contributed by atoms with E-state index in [-0.39, 0.29) is 0 Å². The van der Waals surface area contributed by atoms with E-state index in [9.17, 15) is 0 Å². The molecule has 0 radical (unpaired) electrons. The Labute approximate surface area is 177 Å². The van der Waals surface area contributed by atoms with E-state index in [1.54, 1.807) is 7.05 Å². The van der Waals surface area contributed by atoms with Crippen molar-refractivity contribution in [3.05, 3.63) is 54.1 Å². The molecule has 0 atom stereocenters. The average Bonchev–Trinajstić information content (AvgIpc) is 3.01. The van der Waals surface area contributed by atoms with Crippen molar-refractivity contribution < 1.29 is 4.74 Å². The lowest BCUT2D eigenvalue weighted by atomic mass is 10.1. The number of nitrogens with one attached hydrogen (secondary N) is 2. The number of aliphatic imine (C=N–C) groups is 1. The number of hydrogen-bond donors (Lipinski definition) is 2. The van der Waals surface area contributed by atoms with E-state index in [0.29, 0.717) is 13.2 Å². The third-order valence-electron chi connectivity index (χ3n) is 5.43. The second kappa shape index (κ2) is 10.1. The third-order valence-corrected chi connectivity index (χ3v) is 5.43. The van der Waals surface area contributed by atoms with Gasteiger partial charge in [-0.25, -0.2) is 0 Å². The molecule has 1 aliphatic heterocycles. The lowest BCUT2D eigenvalue weighted by Gasteiger charge is -2.13. The van der Waals surface area contributed by atoms with E-state index >= 15 is 0 Å². The van der Waals surface area contributed by atoms with Gasteiger partial charge in [0.05, 0.1) is 13.2 Å². The molecule has 0 aliphatic carbocycles. The molecule has 0 unspecified atom stereocenters. The largest absolute Gasteiger partial charge is 0.494 e. The molecule has 2 N–H and O–H groups in total. The van der Waals surface area contributed by atoms with E-state index in [1.165, 1.54) is 30.0 Å². The molecule has 2 aromatic carbocycles. The van der Waals surface area contributed by atoms with Crippen LogP contribution in [0.25, 0.3) is 10.8 Å². The predicted molar refractivity (Wildman–Crippen MR) is 120 cm³/mol. The first-order valence-electron chi connectivity index (χ1n) is 10.8. The summed E-state index contributed by atoms with van der Waals surface area (Å²) in [6.07, 6.45) is 5.57. The van der Waals surface area contributed by atoms with Crippen molar-refractivity contribution in [1.29, 1.82) is 0 Å². The van der Waals surface area contributed by atoms with E-state index in [4.69, 9.17) is 4.74 Å². The fourth-order valence-corrected chi connectivity index (χ4v) is 3.79. The lowest BCUT2D eigenvalue weighted by Crippen LogP contribution is -2.38. The summed E-state index contributed by atoms with van der Waals surface area (Å²) in [6, 6.07) is 14.5. The Balaban J connectivity index is 1.19. The van der Waals surface area contributed by atoms with Crippen LogP contribution in [0.5, 0.6) is 5.75 Å². The first-order chi connectivity index (χ1) is 14.8. The van der Waals surface area contributed by atoms with Gasteiger partial charge in [-0.1, -0.05) is 36.8 Å².